The first-order valence-corrected chi connectivity index (χ1v) is 7.07. The largest absolute Gasteiger partial charge is 0.313 e. The Balaban J connectivity index is 2.21. The zero-order valence-electron chi connectivity index (χ0n) is 10.2. The van der Waals surface area contributed by atoms with Gasteiger partial charge in [0.1, 0.15) is 5.03 Å². The average molecular weight is 279 g/mol. The molecule has 1 aromatic carbocycles. The second-order valence-corrected chi connectivity index (χ2v) is 5.30. The van der Waals surface area contributed by atoms with Crippen LogP contribution in [0.15, 0.2) is 52.5 Å². The minimum atomic E-state index is 0.772. The molecule has 0 fully saturated rings. The highest BCUT2D eigenvalue weighted by Gasteiger charge is 2.05. The molecule has 2 aromatic rings. The van der Waals surface area contributed by atoms with Gasteiger partial charge >= 0.3 is 0 Å². The van der Waals surface area contributed by atoms with Crippen LogP contribution in [0.5, 0.6) is 0 Å². The Morgan fingerprint density at radius 2 is 2.17 bits per heavy atom. The van der Waals surface area contributed by atoms with Gasteiger partial charge in [-0.25, -0.2) is 4.98 Å². The molecule has 18 heavy (non-hydrogen) atoms. The normalized spacial score (nSPS) is 10.6. The first-order chi connectivity index (χ1) is 8.79. The molecule has 1 N–H and O–H groups in total. The fourth-order valence-electron chi connectivity index (χ4n) is 1.57. The van der Waals surface area contributed by atoms with E-state index in [0.29, 0.717) is 0 Å². The van der Waals surface area contributed by atoms with E-state index in [1.807, 2.05) is 42.6 Å². The van der Waals surface area contributed by atoms with Gasteiger partial charge in [-0.15, -0.1) is 0 Å². The van der Waals surface area contributed by atoms with Crippen LogP contribution in [0.3, 0.4) is 0 Å². The summed E-state index contributed by atoms with van der Waals surface area (Å²) in [5.41, 5.74) is 1.21. The summed E-state index contributed by atoms with van der Waals surface area (Å²) in [7, 11) is 0. The molecule has 2 nitrogen and oxygen atoms in total. The van der Waals surface area contributed by atoms with Crippen molar-refractivity contribution in [2.24, 2.45) is 0 Å². The number of hydrogen-bond donors (Lipinski definition) is 1. The van der Waals surface area contributed by atoms with Crippen molar-refractivity contribution in [3.63, 3.8) is 0 Å². The van der Waals surface area contributed by atoms with Crippen molar-refractivity contribution >= 4 is 23.4 Å². The van der Waals surface area contributed by atoms with Crippen LogP contribution in [0.4, 0.5) is 0 Å². The lowest BCUT2D eigenvalue weighted by Crippen LogP contribution is -2.12. The molecule has 0 aliphatic heterocycles. The third-order valence-electron chi connectivity index (χ3n) is 2.44. The Bertz CT molecular complexity index is 502. The van der Waals surface area contributed by atoms with Crippen LogP contribution in [0.25, 0.3) is 0 Å². The minimum absolute atomic E-state index is 0.772. The Kier molecular flexibility index (Phi) is 5.05. The standard InChI is InChI=1S/C14H15ClN2S/c1-2-16-10-11-9-12(15)6-7-13(11)18-14-5-3-4-8-17-14/h3-9,16H,2,10H2,1H3. The van der Waals surface area contributed by atoms with Crippen molar-refractivity contribution in [2.45, 2.75) is 23.4 Å². The first-order valence-electron chi connectivity index (χ1n) is 5.87. The smallest absolute Gasteiger partial charge is 0.101 e. The summed E-state index contributed by atoms with van der Waals surface area (Å²) in [6.45, 7) is 3.86. The van der Waals surface area contributed by atoms with E-state index < -0.39 is 0 Å². The Labute approximate surface area is 117 Å². The van der Waals surface area contributed by atoms with Crippen LogP contribution in [-0.2, 0) is 6.54 Å². The van der Waals surface area contributed by atoms with Gasteiger partial charge in [0.25, 0.3) is 0 Å². The lowest BCUT2D eigenvalue weighted by molar-refractivity contribution is 0.718. The highest BCUT2D eigenvalue weighted by molar-refractivity contribution is 7.99. The number of aromatic nitrogens is 1. The van der Waals surface area contributed by atoms with E-state index in [4.69, 9.17) is 11.6 Å². The quantitative estimate of drug-likeness (QED) is 0.895. The Morgan fingerprint density at radius 1 is 1.28 bits per heavy atom. The predicted molar refractivity (Wildman–Crippen MR) is 77.2 cm³/mol. The lowest BCUT2D eigenvalue weighted by Gasteiger charge is -2.09. The van der Waals surface area contributed by atoms with Gasteiger partial charge in [-0.05, 0) is 42.4 Å². The molecule has 0 unspecified atom stereocenters. The Morgan fingerprint density at radius 3 is 2.89 bits per heavy atom. The molecule has 94 valence electrons. The number of pyridine rings is 1. The molecule has 1 aromatic heterocycles. The second kappa shape index (κ2) is 6.78. The van der Waals surface area contributed by atoms with Crippen LogP contribution in [0, 0.1) is 0 Å². The fourth-order valence-corrected chi connectivity index (χ4v) is 2.64. The third-order valence-corrected chi connectivity index (χ3v) is 3.74. The summed E-state index contributed by atoms with van der Waals surface area (Å²) < 4.78 is 0. The van der Waals surface area contributed by atoms with Crippen molar-refractivity contribution < 1.29 is 0 Å². The number of halogens is 1. The van der Waals surface area contributed by atoms with Gasteiger partial charge in [-0.1, -0.05) is 36.4 Å². The number of hydrogen-bond acceptors (Lipinski definition) is 3. The molecule has 0 amide bonds. The summed E-state index contributed by atoms with van der Waals surface area (Å²) in [4.78, 5) is 5.52. The van der Waals surface area contributed by atoms with Gasteiger partial charge in [0, 0.05) is 22.7 Å². The van der Waals surface area contributed by atoms with Crippen LogP contribution < -0.4 is 5.32 Å². The van der Waals surface area contributed by atoms with Gasteiger partial charge in [0.2, 0.25) is 0 Å². The summed E-state index contributed by atoms with van der Waals surface area (Å²) in [6.07, 6.45) is 1.81. The van der Waals surface area contributed by atoms with Crippen molar-refractivity contribution in [3.8, 4) is 0 Å². The molecule has 1 heterocycles. The van der Waals surface area contributed by atoms with Crippen molar-refractivity contribution in [3.05, 3.63) is 53.2 Å². The van der Waals surface area contributed by atoms with E-state index in [1.54, 1.807) is 11.8 Å². The zero-order chi connectivity index (χ0) is 12.8. The van der Waals surface area contributed by atoms with Gasteiger partial charge in [-0.3, -0.25) is 0 Å². The highest BCUT2D eigenvalue weighted by atomic mass is 35.5. The molecule has 0 spiro atoms. The van der Waals surface area contributed by atoms with Crippen LogP contribution in [0.1, 0.15) is 12.5 Å². The van der Waals surface area contributed by atoms with Crippen LogP contribution in [-0.4, -0.2) is 11.5 Å². The maximum Gasteiger partial charge on any atom is 0.101 e. The molecule has 0 bridgehead atoms. The summed E-state index contributed by atoms with van der Waals surface area (Å²) >= 11 is 7.71. The maximum absolute atomic E-state index is 6.05. The monoisotopic (exact) mass is 278 g/mol. The van der Waals surface area contributed by atoms with E-state index in [-0.39, 0.29) is 0 Å². The van der Waals surface area contributed by atoms with Gasteiger partial charge in [-0.2, -0.15) is 0 Å². The lowest BCUT2D eigenvalue weighted by atomic mass is 10.2. The minimum Gasteiger partial charge on any atom is -0.313 e. The Hall–Kier alpha value is -1.03. The average Bonchev–Trinajstić information content (AvgIpc) is 2.40. The van der Waals surface area contributed by atoms with E-state index in [2.05, 4.69) is 17.2 Å². The molecule has 0 aliphatic carbocycles. The molecule has 4 heteroatoms. The topological polar surface area (TPSA) is 24.9 Å². The number of rotatable bonds is 5. The van der Waals surface area contributed by atoms with E-state index in [0.717, 1.165) is 23.1 Å². The molecule has 0 saturated heterocycles. The first kappa shape index (κ1) is 13.4. The van der Waals surface area contributed by atoms with Gasteiger partial charge in [0.05, 0.1) is 0 Å². The highest BCUT2D eigenvalue weighted by Crippen LogP contribution is 2.30. The summed E-state index contributed by atoms with van der Waals surface area (Å²) in [5, 5.41) is 5.09. The van der Waals surface area contributed by atoms with E-state index >= 15 is 0 Å². The SMILES string of the molecule is CCNCc1cc(Cl)ccc1Sc1ccccn1. The summed E-state index contributed by atoms with van der Waals surface area (Å²) in [6, 6.07) is 11.9. The van der Waals surface area contributed by atoms with E-state index in [9.17, 15) is 0 Å². The zero-order valence-corrected chi connectivity index (χ0v) is 11.8. The fraction of sp³-hybridized carbons (Fsp3) is 0.214. The molecular weight excluding hydrogens is 264 g/mol. The molecule has 0 atom stereocenters. The van der Waals surface area contributed by atoms with Crippen molar-refractivity contribution in [2.75, 3.05) is 6.54 Å². The number of benzene rings is 1. The van der Waals surface area contributed by atoms with Gasteiger partial charge in [0.15, 0.2) is 0 Å². The van der Waals surface area contributed by atoms with Crippen LogP contribution >= 0.6 is 23.4 Å². The van der Waals surface area contributed by atoms with Crippen molar-refractivity contribution in [1.82, 2.24) is 10.3 Å². The third kappa shape index (κ3) is 3.73. The van der Waals surface area contributed by atoms with Crippen LogP contribution in [0.2, 0.25) is 5.02 Å². The van der Waals surface area contributed by atoms with E-state index in [1.165, 1.54) is 10.5 Å². The maximum atomic E-state index is 6.05. The second-order valence-electron chi connectivity index (χ2n) is 3.80. The number of nitrogens with one attached hydrogen (secondary N) is 1. The molecule has 0 aliphatic rings. The molecule has 2 rings (SSSR count). The molecule has 0 saturated carbocycles. The summed E-state index contributed by atoms with van der Waals surface area (Å²) in [5.74, 6) is 0. The predicted octanol–water partition coefficient (Wildman–Crippen LogP) is 4.00. The molecule has 0 radical (unpaired) electrons. The van der Waals surface area contributed by atoms with Gasteiger partial charge < -0.3 is 5.32 Å². The number of nitrogens with zero attached hydrogens (tertiary/aromatic N) is 1. The van der Waals surface area contributed by atoms with Crippen molar-refractivity contribution in [1.29, 1.82) is 0 Å². The molecular formula is C14H15ClN2S.